The number of primary sulfonamides is 1. The van der Waals surface area contributed by atoms with Crippen molar-refractivity contribution in [1.29, 1.82) is 0 Å². The lowest BCUT2D eigenvalue weighted by Crippen LogP contribution is -2.31. The van der Waals surface area contributed by atoms with Gasteiger partial charge < -0.3 is 5.32 Å². The maximum atomic E-state index is 13.2. The van der Waals surface area contributed by atoms with E-state index in [1.807, 2.05) is 0 Å². The minimum absolute atomic E-state index is 0.155. The highest BCUT2D eigenvalue weighted by molar-refractivity contribution is 7.89. The molecule has 0 unspecified atom stereocenters. The van der Waals surface area contributed by atoms with Crippen LogP contribution in [0.4, 0.5) is 10.1 Å². The number of sulfonamides is 1. The molecule has 0 fully saturated rings. The summed E-state index contributed by atoms with van der Waals surface area (Å²) in [6.45, 7) is -0.240. The van der Waals surface area contributed by atoms with Crippen molar-refractivity contribution in [2.45, 2.75) is 0 Å². The fourth-order valence-corrected chi connectivity index (χ4v) is 1.59. The number of nitro groups is 1. The average Bonchev–Trinajstić information content (AvgIpc) is 2.26. The molecule has 0 spiro atoms. The number of nitrogens with two attached hydrogens (primary N) is 1. The Labute approximate surface area is 107 Å². The molecule has 1 rings (SSSR count). The summed E-state index contributed by atoms with van der Waals surface area (Å²) < 4.78 is 34.5. The first kappa shape index (κ1) is 15.0. The molecule has 10 heteroatoms. The van der Waals surface area contributed by atoms with Crippen molar-refractivity contribution in [2.24, 2.45) is 5.14 Å². The van der Waals surface area contributed by atoms with Crippen molar-refractivity contribution in [1.82, 2.24) is 5.32 Å². The number of nitrogens with zero attached hydrogens (tertiary/aromatic N) is 1. The number of benzene rings is 1. The van der Waals surface area contributed by atoms with Gasteiger partial charge in [-0.2, -0.15) is 4.39 Å². The number of amides is 1. The summed E-state index contributed by atoms with van der Waals surface area (Å²) in [4.78, 5) is 20.9. The van der Waals surface area contributed by atoms with Gasteiger partial charge in [0.15, 0.2) is 0 Å². The molecule has 0 heterocycles. The SMILES string of the molecule is NS(=O)(=O)CCNC(=O)c1ccc([N+](=O)[O-])c(F)c1. The molecule has 1 aromatic carbocycles. The highest BCUT2D eigenvalue weighted by Gasteiger charge is 2.16. The molecule has 19 heavy (non-hydrogen) atoms. The van der Waals surface area contributed by atoms with Crippen LogP contribution in [-0.2, 0) is 10.0 Å². The topological polar surface area (TPSA) is 132 Å². The number of rotatable bonds is 5. The fraction of sp³-hybridized carbons (Fsp3) is 0.222. The van der Waals surface area contributed by atoms with Crippen LogP contribution in [0.1, 0.15) is 10.4 Å². The zero-order chi connectivity index (χ0) is 14.6. The van der Waals surface area contributed by atoms with Gasteiger partial charge in [0.25, 0.3) is 5.91 Å². The summed E-state index contributed by atoms with van der Waals surface area (Å²) in [7, 11) is -3.71. The van der Waals surface area contributed by atoms with Gasteiger partial charge in [0.05, 0.1) is 10.7 Å². The summed E-state index contributed by atoms with van der Waals surface area (Å²) >= 11 is 0. The van der Waals surface area contributed by atoms with Crippen molar-refractivity contribution in [3.8, 4) is 0 Å². The Morgan fingerprint density at radius 3 is 2.58 bits per heavy atom. The molecule has 0 saturated heterocycles. The quantitative estimate of drug-likeness (QED) is 0.570. The molecule has 0 radical (unpaired) electrons. The van der Waals surface area contributed by atoms with Crippen LogP contribution in [0.3, 0.4) is 0 Å². The summed E-state index contributed by atoms with van der Waals surface area (Å²) in [5, 5.41) is 17.3. The van der Waals surface area contributed by atoms with Crippen molar-refractivity contribution in [2.75, 3.05) is 12.3 Å². The van der Waals surface area contributed by atoms with Crippen LogP contribution in [0.25, 0.3) is 0 Å². The van der Waals surface area contributed by atoms with E-state index in [0.717, 1.165) is 12.1 Å². The monoisotopic (exact) mass is 291 g/mol. The highest BCUT2D eigenvalue weighted by atomic mass is 32.2. The Morgan fingerprint density at radius 2 is 2.11 bits per heavy atom. The molecule has 0 atom stereocenters. The molecule has 104 valence electrons. The molecule has 0 aliphatic heterocycles. The molecule has 8 nitrogen and oxygen atoms in total. The lowest BCUT2D eigenvalue weighted by atomic mass is 10.2. The first-order chi connectivity index (χ1) is 8.70. The van der Waals surface area contributed by atoms with E-state index in [-0.39, 0.29) is 12.1 Å². The summed E-state index contributed by atoms with van der Waals surface area (Å²) in [6, 6.07) is 2.61. The highest BCUT2D eigenvalue weighted by Crippen LogP contribution is 2.17. The summed E-state index contributed by atoms with van der Waals surface area (Å²) in [6.07, 6.45) is 0. The third kappa shape index (κ3) is 4.60. The van der Waals surface area contributed by atoms with E-state index in [1.54, 1.807) is 0 Å². The predicted octanol–water partition coefficient (Wildman–Crippen LogP) is -0.248. The number of nitro benzene ring substituents is 1. The maximum absolute atomic E-state index is 13.2. The van der Waals surface area contributed by atoms with Crippen LogP contribution in [0.15, 0.2) is 18.2 Å². The number of carbonyl (C=O) groups is 1. The Hall–Kier alpha value is -2.07. The van der Waals surface area contributed by atoms with E-state index in [2.05, 4.69) is 5.32 Å². The van der Waals surface area contributed by atoms with E-state index in [1.165, 1.54) is 0 Å². The predicted molar refractivity (Wildman–Crippen MR) is 63.4 cm³/mol. The van der Waals surface area contributed by atoms with Gasteiger partial charge in [-0.25, -0.2) is 13.6 Å². The van der Waals surface area contributed by atoms with Gasteiger partial charge in [-0.15, -0.1) is 0 Å². The smallest absolute Gasteiger partial charge is 0.304 e. The van der Waals surface area contributed by atoms with Gasteiger partial charge in [0, 0.05) is 18.2 Å². The lowest BCUT2D eigenvalue weighted by molar-refractivity contribution is -0.387. The van der Waals surface area contributed by atoms with E-state index >= 15 is 0 Å². The van der Waals surface area contributed by atoms with Gasteiger partial charge >= 0.3 is 5.69 Å². The first-order valence-corrected chi connectivity index (χ1v) is 6.65. The number of nitrogens with one attached hydrogen (secondary N) is 1. The second-order valence-electron chi connectivity index (χ2n) is 3.55. The van der Waals surface area contributed by atoms with E-state index in [0.29, 0.717) is 6.07 Å². The molecular weight excluding hydrogens is 281 g/mol. The van der Waals surface area contributed by atoms with Gasteiger partial charge in [0.1, 0.15) is 0 Å². The van der Waals surface area contributed by atoms with Crippen LogP contribution in [0.5, 0.6) is 0 Å². The first-order valence-electron chi connectivity index (χ1n) is 4.93. The Kier molecular flexibility index (Phi) is 4.51. The summed E-state index contributed by atoms with van der Waals surface area (Å²) in [5.74, 6) is -2.37. The number of hydrogen-bond acceptors (Lipinski definition) is 5. The second kappa shape index (κ2) is 5.71. The van der Waals surface area contributed by atoms with Crippen molar-refractivity contribution >= 4 is 21.6 Å². The van der Waals surface area contributed by atoms with Crippen molar-refractivity contribution in [3.05, 3.63) is 39.7 Å². The number of hydrogen-bond donors (Lipinski definition) is 2. The Morgan fingerprint density at radius 1 is 1.47 bits per heavy atom. The minimum atomic E-state index is -3.71. The Bertz CT molecular complexity index is 616. The van der Waals surface area contributed by atoms with Crippen molar-refractivity contribution in [3.63, 3.8) is 0 Å². The van der Waals surface area contributed by atoms with Crippen LogP contribution >= 0.6 is 0 Å². The largest absolute Gasteiger partial charge is 0.351 e. The number of carbonyl (C=O) groups excluding carboxylic acids is 1. The molecular formula is C9H10FN3O5S. The molecule has 0 aliphatic carbocycles. The van der Waals surface area contributed by atoms with Crippen LogP contribution in [0.2, 0.25) is 0 Å². The van der Waals surface area contributed by atoms with E-state index in [9.17, 15) is 27.7 Å². The van der Waals surface area contributed by atoms with Crippen LogP contribution < -0.4 is 10.5 Å². The van der Waals surface area contributed by atoms with Crippen molar-refractivity contribution < 1.29 is 22.5 Å². The molecule has 0 saturated carbocycles. The lowest BCUT2D eigenvalue weighted by Gasteiger charge is -2.04. The van der Waals surface area contributed by atoms with Gasteiger partial charge in [-0.1, -0.05) is 0 Å². The van der Waals surface area contributed by atoms with Gasteiger partial charge in [-0.05, 0) is 12.1 Å². The molecule has 1 aromatic rings. The van der Waals surface area contributed by atoms with Gasteiger partial charge in [0.2, 0.25) is 15.8 Å². The number of halogens is 1. The molecule has 0 bridgehead atoms. The third-order valence-corrected chi connectivity index (χ3v) is 2.85. The normalized spacial score (nSPS) is 11.1. The fourth-order valence-electron chi connectivity index (χ4n) is 1.21. The molecule has 0 aromatic heterocycles. The van der Waals surface area contributed by atoms with Crippen LogP contribution in [-0.4, -0.2) is 31.5 Å². The third-order valence-electron chi connectivity index (χ3n) is 2.08. The van der Waals surface area contributed by atoms with Gasteiger partial charge in [-0.3, -0.25) is 14.9 Å². The zero-order valence-corrected chi connectivity index (χ0v) is 10.3. The molecule has 0 aliphatic rings. The molecule has 1 amide bonds. The summed E-state index contributed by atoms with van der Waals surface area (Å²) in [5.41, 5.74) is -0.904. The second-order valence-corrected chi connectivity index (χ2v) is 5.28. The Balaban J connectivity index is 2.73. The average molecular weight is 291 g/mol. The van der Waals surface area contributed by atoms with Crippen LogP contribution in [0, 0.1) is 15.9 Å². The molecule has 3 N–H and O–H groups in total. The van der Waals surface area contributed by atoms with E-state index < -0.39 is 38.1 Å². The zero-order valence-electron chi connectivity index (χ0n) is 9.50. The maximum Gasteiger partial charge on any atom is 0.304 e. The van der Waals surface area contributed by atoms with E-state index in [4.69, 9.17) is 5.14 Å². The minimum Gasteiger partial charge on any atom is -0.351 e. The standard InChI is InChI=1S/C9H10FN3O5S/c10-7-5-6(1-2-8(7)13(15)16)9(14)12-3-4-19(11,17)18/h1-2,5H,3-4H2,(H,12,14)(H2,11,17,18).